The molecule has 2 N–H and O–H groups in total. The summed E-state index contributed by atoms with van der Waals surface area (Å²) in [6, 6.07) is 17.5. The van der Waals surface area contributed by atoms with Gasteiger partial charge in [0.05, 0.1) is 18.1 Å². The molecule has 0 aliphatic carbocycles. The predicted molar refractivity (Wildman–Crippen MR) is 172 cm³/mol. The Hall–Kier alpha value is -3.65. The van der Waals surface area contributed by atoms with Crippen LogP contribution in [0.2, 0.25) is 0 Å². The zero-order chi connectivity index (χ0) is 30.1. The third kappa shape index (κ3) is 8.00. The Bertz CT molecular complexity index is 1460. The molecule has 2 amide bonds. The van der Waals surface area contributed by atoms with Crippen molar-refractivity contribution in [3.63, 3.8) is 0 Å². The number of carbonyl (C=O) groups is 2. The Morgan fingerprint density at radius 3 is 2.52 bits per heavy atom. The van der Waals surface area contributed by atoms with Crippen molar-refractivity contribution in [2.45, 2.75) is 78.3 Å². The highest BCUT2D eigenvalue weighted by molar-refractivity contribution is 7.09. The quantitative estimate of drug-likeness (QED) is 0.157. The Morgan fingerprint density at radius 1 is 1.02 bits per heavy atom. The molecule has 0 saturated carbocycles. The molecule has 2 aromatic heterocycles. The molecule has 0 saturated heterocycles. The van der Waals surface area contributed by atoms with E-state index in [0.717, 1.165) is 53.9 Å². The van der Waals surface area contributed by atoms with Gasteiger partial charge in [-0.1, -0.05) is 45.9 Å². The minimum atomic E-state index is -0.614. The Labute approximate surface area is 253 Å². The van der Waals surface area contributed by atoms with Crippen LogP contribution in [0.5, 0.6) is 5.75 Å². The van der Waals surface area contributed by atoms with Gasteiger partial charge in [0.15, 0.2) is 0 Å². The molecule has 42 heavy (non-hydrogen) atoms. The summed E-state index contributed by atoms with van der Waals surface area (Å²) >= 11 is 1.73. The first-order chi connectivity index (χ1) is 20.3. The molecule has 0 aliphatic rings. The van der Waals surface area contributed by atoms with Gasteiger partial charge in [-0.15, -0.1) is 11.3 Å². The molecule has 0 radical (unpaired) electrons. The first-order valence-corrected chi connectivity index (χ1v) is 16.0. The average molecular weight is 589 g/mol. The van der Waals surface area contributed by atoms with Crippen molar-refractivity contribution in [2.75, 3.05) is 13.7 Å². The second-order valence-electron chi connectivity index (χ2n) is 11.2. The Balaban J connectivity index is 1.50. The van der Waals surface area contributed by atoms with E-state index in [9.17, 15) is 9.59 Å². The second kappa shape index (κ2) is 15.0. The van der Waals surface area contributed by atoms with E-state index in [-0.39, 0.29) is 11.8 Å². The summed E-state index contributed by atoms with van der Waals surface area (Å²) in [5.41, 5.74) is 3.44. The van der Waals surface area contributed by atoms with Crippen LogP contribution < -0.4 is 15.4 Å². The van der Waals surface area contributed by atoms with Gasteiger partial charge < -0.3 is 19.9 Å². The maximum Gasteiger partial charge on any atom is 0.252 e. The third-order valence-electron chi connectivity index (χ3n) is 7.75. The van der Waals surface area contributed by atoms with Crippen LogP contribution >= 0.6 is 11.3 Å². The molecule has 4 rings (SSSR count). The van der Waals surface area contributed by atoms with Gasteiger partial charge in [-0.05, 0) is 85.4 Å². The van der Waals surface area contributed by atoms with Gasteiger partial charge in [-0.3, -0.25) is 9.59 Å². The van der Waals surface area contributed by atoms with Gasteiger partial charge in [0, 0.05) is 29.4 Å². The standard InChI is InChI=1S/C34H44N4O3S/c1-6-26(7-2)38-31-16-14-25(21-30(31)36-32(38)22-28-12-9-19-42-28)33(39)37-29(15-13-23(3)4)34(40)35-18-17-24-10-8-11-27(20-24)41-5/h8-12,14,16,19-21,23,26,29H,6-7,13,15,17-18,22H2,1-5H3,(H,35,40)(H,37,39). The number of hydrogen-bond donors (Lipinski definition) is 2. The summed E-state index contributed by atoms with van der Waals surface area (Å²) in [6.07, 6.45) is 4.86. The van der Waals surface area contributed by atoms with Gasteiger partial charge in [-0.25, -0.2) is 4.98 Å². The van der Waals surface area contributed by atoms with E-state index in [2.05, 4.69) is 60.4 Å². The summed E-state index contributed by atoms with van der Waals surface area (Å²) < 4.78 is 7.65. The first-order valence-electron chi connectivity index (χ1n) is 15.1. The van der Waals surface area contributed by atoms with E-state index >= 15 is 0 Å². The van der Waals surface area contributed by atoms with Crippen LogP contribution in [0.15, 0.2) is 60.0 Å². The highest BCUT2D eigenvalue weighted by Gasteiger charge is 2.23. The van der Waals surface area contributed by atoms with E-state index in [1.807, 2.05) is 42.5 Å². The molecule has 224 valence electrons. The largest absolute Gasteiger partial charge is 0.497 e. The zero-order valence-corrected chi connectivity index (χ0v) is 26.3. The number of nitrogens with one attached hydrogen (secondary N) is 2. The molecule has 0 fully saturated rings. The van der Waals surface area contributed by atoms with Crippen LogP contribution in [0.3, 0.4) is 0 Å². The fraction of sp³-hybridized carbons (Fsp3) is 0.441. The van der Waals surface area contributed by atoms with E-state index in [4.69, 9.17) is 9.72 Å². The number of hydrogen-bond acceptors (Lipinski definition) is 5. The molecule has 4 aromatic rings. The van der Waals surface area contributed by atoms with Crippen LogP contribution in [0.1, 0.15) is 86.0 Å². The topological polar surface area (TPSA) is 85.2 Å². The van der Waals surface area contributed by atoms with Gasteiger partial charge in [0.25, 0.3) is 5.91 Å². The van der Waals surface area contributed by atoms with Gasteiger partial charge in [-0.2, -0.15) is 0 Å². The molecule has 0 bridgehead atoms. The van der Waals surface area contributed by atoms with Crippen LogP contribution in [-0.2, 0) is 17.6 Å². The number of rotatable bonds is 15. The molecule has 8 heteroatoms. The van der Waals surface area contributed by atoms with E-state index in [1.165, 1.54) is 4.88 Å². The third-order valence-corrected chi connectivity index (χ3v) is 8.62. The number of fused-ring (bicyclic) bond motifs is 1. The molecule has 1 atom stereocenters. The molecule has 1 unspecified atom stereocenters. The monoisotopic (exact) mass is 588 g/mol. The highest BCUT2D eigenvalue weighted by atomic mass is 32.1. The smallest absolute Gasteiger partial charge is 0.252 e. The van der Waals surface area contributed by atoms with Gasteiger partial charge in [0.2, 0.25) is 5.91 Å². The second-order valence-corrected chi connectivity index (χ2v) is 12.3. The molecular formula is C34H44N4O3S. The van der Waals surface area contributed by atoms with Crippen LogP contribution in [0.25, 0.3) is 11.0 Å². The molecule has 0 aliphatic heterocycles. The number of nitrogens with zero attached hydrogens (tertiary/aromatic N) is 2. The lowest BCUT2D eigenvalue weighted by atomic mass is 10.0. The minimum absolute atomic E-state index is 0.163. The predicted octanol–water partition coefficient (Wildman–Crippen LogP) is 6.95. The first kappa shape index (κ1) is 31.3. The lowest BCUT2D eigenvalue weighted by Crippen LogP contribution is -2.47. The fourth-order valence-electron chi connectivity index (χ4n) is 5.34. The van der Waals surface area contributed by atoms with E-state index in [1.54, 1.807) is 18.4 Å². The van der Waals surface area contributed by atoms with Crippen LogP contribution in [0, 0.1) is 5.92 Å². The molecule has 7 nitrogen and oxygen atoms in total. The minimum Gasteiger partial charge on any atom is -0.497 e. The van der Waals surface area contributed by atoms with E-state index < -0.39 is 6.04 Å². The normalized spacial score (nSPS) is 12.2. The van der Waals surface area contributed by atoms with Crippen LogP contribution in [-0.4, -0.2) is 41.1 Å². The number of methoxy groups -OCH3 is 1. The number of aromatic nitrogens is 2. The number of ether oxygens (including phenoxy) is 1. The maximum absolute atomic E-state index is 13.5. The van der Waals surface area contributed by atoms with Crippen molar-refractivity contribution in [2.24, 2.45) is 5.92 Å². The van der Waals surface area contributed by atoms with Crippen LogP contribution in [0.4, 0.5) is 0 Å². The number of thiophene rings is 1. The summed E-state index contributed by atoms with van der Waals surface area (Å²) in [6.45, 7) is 9.13. The highest BCUT2D eigenvalue weighted by Crippen LogP contribution is 2.28. The van der Waals surface area contributed by atoms with Crippen molar-refractivity contribution in [1.82, 2.24) is 20.2 Å². The lowest BCUT2D eigenvalue weighted by molar-refractivity contribution is -0.123. The summed E-state index contributed by atoms with van der Waals surface area (Å²) in [5.74, 6) is 1.81. The Kier molecular flexibility index (Phi) is 11.2. The zero-order valence-electron chi connectivity index (χ0n) is 25.5. The summed E-state index contributed by atoms with van der Waals surface area (Å²) in [7, 11) is 1.64. The number of amides is 2. The fourth-order valence-corrected chi connectivity index (χ4v) is 6.04. The SMILES string of the molecule is CCC(CC)n1c(Cc2cccs2)nc2cc(C(=O)NC(CCC(C)C)C(=O)NCCc3cccc(OC)c3)ccc21. The molecule has 0 spiro atoms. The van der Waals surface area contributed by atoms with Gasteiger partial charge in [0.1, 0.15) is 17.6 Å². The molecule has 2 aromatic carbocycles. The summed E-state index contributed by atoms with van der Waals surface area (Å²) in [4.78, 5) is 33.0. The van der Waals surface area contributed by atoms with Crippen molar-refractivity contribution < 1.29 is 14.3 Å². The van der Waals surface area contributed by atoms with Crippen molar-refractivity contribution in [3.05, 3.63) is 81.8 Å². The number of imidazole rings is 1. The molecule has 2 heterocycles. The van der Waals surface area contributed by atoms with Crippen molar-refractivity contribution in [1.29, 1.82) is 0 Å². The average Bonchev–Trinajstić information content (AvgIpc) is 3.63. The van der Waals surface area contributed by atoms with E-state index in [0.29, 0.717) is 36.9 Å². The summed E-state index contributed by atoms with van der Waals surface area (Å²) in [5, 5.41) is 8.14. The Morgan fingerprint density at radius 2 is 1.83 bits per heavy atom. The number of carbonyl (C=O) groups excluding carboxylic acids is 2. The maximum atomic E-state index is 13.5. The lowest BCUT2D eigenvalue weighted by Gasteiger charge is -2.20. The number of benzene rings is 2. The van der Waals surface area contributed by atoms with Gasteiger partial charge >= 0.3 is 0 Å². The molecular weight excluding hydrogens is 544 g/mol. The van der Waals surface area contributed by atoms with Crippen molar-refractivity contribution in [3.8, 4) is 5.75 Å². The van der Waals surface area contributed by atoms with Crippen molar-refractivity contribution >= 4 is 34.2 Å².